The number of carboxylic acids is 1. The number of aromatic nitrogens is 1. The van der Waals surface area contributed by atoms with Crippen LogP contribution in [-0.4, -0.2) is 16.1 Å². The van der Waals surface area contributed by atoms with Gasteiger partial charge in [-0.1, -0.05) is 6.07 Å². The van der Waals surface area contributed by atoms with Crippen molar-refractivity contribution in [2.75, 3.05) is 5.32 Å². The maximum absolute atomic E-state index is 10.7. The highest BCUT2D eigenvalue weighted by Gasteiger charge is 2.03. The van der Waals surface area contributed by atoms with Gasteiger partial charge < -0.3 is 10.4 Å². The lowest BCUT2D eigenvalue weighted by Gasteiger charge is -2.08. The van der Waals surface area contributed by atoms with Crippen LogP contribution < -0.4 is 5.32 Å². The molecule has 0 saturated carbocycles. The molecule has 2 aromatic rings. The zero-order valence-corrected chi connectivity index (χ0v) is 10.3. The van der Waals surface area contributed by atoms with Crippen LogP contribution in [0.3, 0.4) is 0 Å². The van der Waals surface area contributed by atoms with Crippen LogP contribution in [0.4, 0.5) is 11.5 Å². The average Bonchev–Trinajstić information content (AvgIpc) is 2.28. The van der Waals surface area contributed by atoms with Crippen molar-refractivity contribution in [3.05, 3.63) is 53.2 Å². The molecule has 0 amide bonds. The Hall–Kier alpha value is -2.36. The van der Waals surface area contributed by atoms with Gasteiger partial charge in [0.25, 0.3) is 0 Å². The number of anilines is 2. The Balaban J connectivity index is 2.20. The number of carbonyl (C=O) groups is 1. The third kappa shape index (κ3) is 2.85. The van der Waals surface area contributed by atoms with Gasteiger partial charge in [-0.05, 0) is 49.2 Å². The summed E-state index contributed by atoms with van der Waals surface area (Å²) in [5.41, 5.74) is 3.46. The first-order valence-electron chi connectivity index (χ1n) is 5.59. The minimum Gasteiger partial charge on any atom is -0.478 e. The molecule has 0 aliphatic rings. The van der Waals surface area contributed by atoms with Crippen molar-refractivity contribution < 1.29 is 9.90 Å². The molecule has 0 saturated heterocycles. The van der Waals surface area contributed by atoms with Crippen LogP contribution in [0.25, 0.3) is 0 Å². The summed E-state index contributed by atoms with van der Waals surface area (Å²) in [4.78, 5) is 14.8. The van der Waals surface area contributed by atoms with Crippen molar-refractivity contribution in [1.82, 2.24) is 4.98 Å². The Kier molecular flexibility index (Phi) is 3.28. The summed E-state index contributed by atoms with van der Waals surface area (Å²) in [6.45, 7) is 4.05. The Bertz CT molecular complexity index is 557. The molecule has 4 nitrogen and oxygen atoms in total. The van der Waals surface area contributed by atoms with Crippen LogP contribution in [0.5, 0.6) is 0 Å². The second-order valence-corrected chi connectivity index (χ2v) is 4.24. The molecule has 92 valence electrons. The van der Waals surface area contributed by atoms with E-state index in [0.29, 0.717) is 5.82 Å². The highest BCUT2D eigenvalue weighted by Crippen LogP contribution is 2.18. The van der Waals surface area contributed by atoms with Crippen molar-refractivity contribution in [2.24, 2.45) is 0 Å². The van der Waals surface area contributed by atoms with Crippen molar-refractivity contribution in [1.29, 1.82) is 0 Å². The third-order valence-corrected chi connectivity index (χ3v) is 2.50. The van der Waals surface area contributed by atoms with Gasteiger partial charge in [0.05, 0.1) is 5.56 Å². The summed E-state index contributed by atoms with van der Waals surface area (Å²) >= 11 is 0. The van der Waals surface area contributed by atoms with Gasteiger partial charge in [-0.25, -0.2) is 9.78 Å². The quantitative estimate of drug-likeness (QED) is 0.868. The van der Waals surface area contributed by atoms with E-state index in [1.54, 1.807) is 6.07 Å². The maximum Gasteiger partial charge on any atom is 0.337 e. The topological polar surface area (TPSA) is 62.2 Å². The number of aromatic carboxylic acids is 1. The fourth-order valence-corrected chi connectivity index (χ4v) is 1.79. The Morgan fingerprint density at radius 1 is 1.17 bits per heavy atom. The molecule has 4 heteroatoms. The zero-order chi connectivity index (χ0) is 13.1. The minimum absolute atomic E-state index is 0.181. The molecule has 2 rings (SSSR count). The Morgan fingerprint density at radius 2 is 1.83 bits per heavy atom. The second-order valence-electron chi connectivity index (χ2n) is 4.24. The van der Waals surface area contributed by atoms with E-state index in [1.165, 1.54) is 23.4 Å². The number of hydrogen-bond acceptors (Lipinski definition) is 3. The molecule has 0 unspecified atom stereocenters. The van der Waals surface area contributed by atoms with Crippen LogP contribution in [0.1, 0.15) is 21.5 Å². The van der Waals surface area contributed by atoms with Crippen LogP contribution in [0.15, 0.2) is 36.5 Å². The summed E-state index contributed by atoms with van der Waals surface area (Å²) in [5.74, 6) is -0.342. The second kappa shape index (κ2) is 4.87. The summed E-state index contributed by atoms with van der Waals surface area (Å²) in [6, 6.07) is 9.30. The monoisotopic (exact) mass is 242 g/mol. The molecule has 1 heterocycles. The van der Waals surface area contributed by atoms with Crippen molar-refractivity contribution >= 4 is 17.5 Å². The lowest BCUT2D eigenvalue weighted by Crippen LogP contribution is -1.99. The van der Waals surface area contributed by atoms with Crippen molar-refractivity contribution in [2.45, 2.75) is 13.8 Å². The van der Waals surface area contributed by atoms with Crippen molar-refractivity contribution in [3.63, 3.8) is 0 Å². The highest BCUT2D eigenvalue weighted by atomic mass is 16.4. The molecule has 0 spiro atoms. The largest absolute Gasteiger partial charge is 0.478 e. The van der Waals surface area contributed by atoms with Gasteiger partial charge in [0.15, 0.2) is 0 Å². The predicted octanol–water partition coefficient (Wildman–Crippen LogP) is 3.14. The molecule has 1 aromatic heterocycles. The molecule has 18 heavy (non-hydrogen) atoms. The van der Waals surface area contributed by atoms with Gasteiger partial charge in [0, 0.05) is 11.9 Å². The van der Waals surface area contributed by atoms with Gasteiger partial charge >= 0.3 is 5.97 Å². The van der Waals surface area contributed by atoms with E-state index in [-0.39, 0.29) is 5.56 Å². The van der Waals surface area contributed by atoms with E-state index in [9.17, 15) is 4.79 Å². The molecule has 1 aromatic carbocycles. The van der Waals surface area contributed by atoms with Crippen LogP contribution in [0, 0.1) is 13.8 Å². The average molecular weight is 242 g/mol. The maximum atomic E-state index is 10.7. The Morgan fingerprint density at radius 3 is 2.33 bits per heavy atom. The fourth-order valence-electron chi connectivity index (χ4n) is 1.79. The number of benzene rings is 1. The minimum atomic E-state index is -0.972. The summed E-state index contributed by atoms with van der Waals surface area (Å²) in [5, 5.41) is 11.9. The van der Waals surface area contributed by atoms with Gasteiger partial charge in [-0.2, -0.15) is 0 Å². The molecule has 2 N–H and O–H groups in total. The van der Waals surface area contributed by atoms with E-state index in [4.69, 9.17) is 5.11 Å². The third-order valence-electron chi connectivity index (χ3n) is 2.50. The number of aryl methyl sites for hydroxylation is 2. The first-order valence-corrected chi connectivity index (χ1v) is 5.59. The molecule has 0 fully saturated rings. The normalized spacial score (nSPS) is 10.1. The predicted molar refractivity (Wildman–Crippen MR) is 70.4 cm³/mol. The highest BCUT2D eigenvalue weighted by molar-refractivity contribution is 5.87. The van der Waals surface area contributed by atoms with Crippen LogP contribution >= 0.6 is 0 Å². The van der Waals surface area contributed by atoms with E-state index in [2.05, 4.69) is 16.4 Å². The molecule has 0 aliphatic heterocycles. The SMILES string of the molecule is Cc1cc(C)cc(Nc2ccc(C(=O)O)cn2)c1. The number of pyridine rings is 1. The van der Waals surface area contributed by atoms with E-state index in [0.717, 1.165) is 5.69 Å². The van der Waals surface area contributed by atoms with Gasteiger partial charge in [-0.3, -0.25) is 0 Å². The van der Waals surface area contributed by atoms with E-state index >= 15 is 0 Å². The lowest BCUT2D eigenvalue weighted by molar-refractivity contribution is 0.0696. The van der Waals surface area contributed by atoms with Gasteiger partial charge in [-0.15, -0.1) is 0 Å². The first-order chi connectivity index (χ1) is 8.54. The first kappa shape index (κ1) is 12.1. The number of carboxylic acid groups (broad SMARTS) is 1. The number of hydrogen-bond donors (Lipinski definition) is 2. The smallest absolute Gasteiger partial charge is 0.337 e. The summed E-state index contributed by atoms with van der Waals surface area (Å²) in [7, 11) is 0. The van der Waals surface area contributed by atoms with Gasteiger partial charge in [0.2, 0.25) is 0 Å². The lowest BCUT2D eigenvalue weighted by atomic mass is 10.1. The number of nitrogens with one attached hydrogen (secondary N) is 1. The molecule has 0 radical (unpaired) electrons. The molecular weight excluding hydrogens is 228 g/mol. The van der Waals surface area contributed by atoms with E-state index < -0.39 is 5.97 Å². The van der Waals surface area contributed by atoms with Crippen molar-refractivity contribution in [3.8, 4) is 0 Å². The standard InChI is InChI=1S/C14H14N2O2/c1-9-5-10(2)7-12(6-9)16-13-4-3-11(8-15-13)14(17)18/h3-8H,1-2H3,(H,15,16)(H,17,18). The van der Waals surface area contributed by atoms with Crippen LogP contribution in [-0.2, 0) is 0 Å². The van der Waals surface area contributed by atoms with E-state index in [1.807, 2.05) is 26.0 Å². The summed E-state index contributed by atoms with van der Waals surface area (Å²) < 4.78 is 0. The summed E-state index contributed by atoms with van der Waals surface area (Å²) in [6.07, 6.45) is 1.34. The molecule has 0 atom stereocenters. The molecular formula is C14H14N2O2. The fraction of sp³-hybridized carbons (Fsp3) is 0.143. The van der Waals surface area contributed by atoms with Gasteiger partial charge in [0.1, 0.15) is 5.82 Å². The van der Waals surface area contributed by atoms with Crippen LogP contribution in [0.2, 0.25) is 0 Å². The molecule has 0 bridgehead atoms. The molecule has 0 aliphatic carbocycles. The zero-order valence-electron chi connectivity index (χ0n) is 10.3. The Labute approximate surface area is 105 Å². The number of rotatable bonds is 3. The number of nitrogens with zero attached hydrogens (tertiary/aromatic N) is 1.